The molecule has 2 N–H and O–H groups in total. The van der Waals surface area contributed by atoms with Gasteiger partial charge in [-0.2, -0.15) is 18.3 Å². The minimum absolute atomic E-state index is 0.0651. The summed E-state index contributed by atoms with van der Waals surface area (Å²) in [6.07, 6.45) is -2.28. The first-order chi connectivity index (χ1) is 12.3. The first kappa shape index (κ1) is 18.2. The summed E-state index contributed by atoms with van der Waals surface area (Å²) in [5.41, 5.74) is -1.84. The third-order valence-corrected chi connectivity index (χ3v) is 3.92. The van der Waals surface area contributed by atoms with Crippen molar-refractivity contribution in [3.05, 3.63) is 46.7 Å². The number of halogens is 4. The van der Waals surface area contributed by atoms with Gasteiger partial charge in [-0.25, -0.2) is 4.68 Å². The van der Waals surface area contributed by atoms with Gasteiger partial charge in [0.2, 0.25) is 5.91 Å². The topological polar surface area (TPSA) is 76.0 Å². The summed E-state index contributed by atoms with van der Waals surface area (Å²) < 4.78 is 41.1. The molecule has 26 heavy (non-hydrogen) atoms. The van der Waals surface area contributed by atoms with Crippen molar-refractivity contribution in [2.75, 3.05) is 6.54 Å². The molecule has 1 fully saturated rings. The third-order valence-electron chi connectivity index (χ3n) is 3.69. The Balaban J connectivity index is 1.84. The van der Waals surface area contributed by atoms with Crippen LogP contribution < -0.4 is 10.6 Å². The van der Waals surface area contributed by atoms with Gasteiger partial charge in [-0.3, -0.25) is 9.59 Å². The maximum atomic E-state index is 13.5. The molecule has 10 heteroatoms. The highest BCUT2D eigenvalue weighted by Crippen LogP contribution is 2.34. The zero-order chi connectivity index (χ0) is 18.9. The number of hydrogen-bond acceptors (Lipinski definition) is 3. The van der Waals surface area contributed by atoms with Crippen molar-refractivity contribution in [1.29, 1.82) is 0 Å². The molecule has 0 saturated heterocycles. The van der Waals surface area contributed by atoms with Crippen LogP contribution in [-0.2, 0) is 11.0 Å². The van der Waals surface area contributed by atoms with Gasteiger partial charge in [0.05, 0.1) is 24.0 Å². The van der Waals surface area contributed by atoms with E-state index in [-0.39, 0.29) is 16.8 Å². The monoisotopic (exact) mass is 386 g/mol. The Morgan fingerprint density at radius 1 is 1.31 bits per heavy atom. The molecule has 2 aromatic rings. The van der Waals surface area contributed by atoms with Gasteiger partial charge >= 0.3 is 6.18 Å². The van der Waals surface area contributed by atoms with Gasteiger partial charge in [0.15, 0.2) is 5.69 Å². The van der Waals surface area contributed by atoms with Gasteiger partial charge in [0, 0.05) is 11.1 Å². The Bertz CT molecular complexity index is 846. The molecule has 1 aromatic heterocycles. The van der Waals surface area contributed by atoms with E-state index < -0.39 is 35.8 Å². The number of benzene rings is 1. The third kappa shape index (κ3) is 4.16. The molecule has 1 saturated carbocycles. The van der Waals surface area contributed by atoms with Crippen molar-refractivity contribution < 1.29 is 22.8 Å². The van der Waals surface area contributed by atoms with E-state index in [1.54, 1.807) is 0 Å². The van der Waals surface area contributed by atoms with Crippen LogP contribution in [0.4, 0.5) is 13.2 Å². The number of amides is 2. The number of carbonyl (C=O) groups is 2. The summed E-state index contributed by atoms with van der Waals surface area (Å²) in [6, 6.07) is 5.76. The van der Waals surface area contributed by atoms with Crippen LogP contribution in [0.15, 0.2) is 30.5 Å². The van der Waals surface area contributed by atoms with Crippen molar-refractivity contribution in [3.8, 4) is 5.69 Å². The predicted octanol–water partition coefficient (Wildman–Crippen LogP) is 2.55. The van der Waals surface area contributed by atoms with Crippen molar-refractivity contribution >= 4 is 23.4 Å². The Hall–Kier alpha value is -2.55. The second kappa shape index (κ2) is 6.99. The molecule has 6 nitrogen and oxygen atoms in total. The number of rotatable bonds is 5. The molecule has 1 aliphatic carbocycles. The van der Waals surface area contributed by atoms with Gasteiger partial charge in [-0.1, -0.05) is 17.7 Å². The van der Waals surface area contributed by atoms with Crippen molar-refractivity contribution in [3.63, 3.8) is 0 Å². The van der Waals surface area contributed by atoms with Crippen LogP contribution in [-0.4, -0.2) is 34.2 Å². The van der Waals surface area contributed by atoms with Crippen LogP contribution >= 0.6 is 11.6 Å². The fourth-order valence-corrected chi connectivity index (χ4v) is 2.54. The Kier molecular flexibility index (Phi) is 4.90. The minimum atomic E-state index is -4.83. The number of alkyl halides is 3. The van der Waals surface area contributed by atoms with Crippen LogP contribution in [0.3, 0.4) is 0 Å². The fourth-order valence-electron chi connectivity index (χ4n) is 2.35. The lowest BCUT2D eigenvalue weighted by atomic mass is 10.2. The van der Waals surface area contributed by atoms with E-state index in [9.17, 15) is 22.8 Å². The van der Waals surface area contributed by atoms with Gasteiger partial charge in [0.25, 0.3) is 5.91 Å². The Morgan fingerprint density at radius 3 is 2.65 bits per heavy atom. The van der Waals surface area contributed by atoms with E-state index >= 15 is 0 Å². The standard InChI is InChI=1S/C16H14ClF3N4O2/c17-9-2-1-3-11(6-9)24-14(16(18,19)20)12(7-22-24)15(26)21-8-13(25)23-10-4-5-10/h1-3,6-7,10H,4-5,8H2,(H,21,26)(H,23,25). The zero-order valence-electron chi connectivity index (χ0n) is 13.3. The molecule has 1 aromatic carbocycles. The van der Waals surface area contributed by atoms with Gasteiger partial charge in [0.1, 0.15) is 0 Å². The highest BCUT2D eigenvalue weighted by molar-refractivity contribution is 6.30. The van der Waals surface area contributed by atoms with E-state index in [1.165, 1.54) is 24.3 Å². The molecule has 0 radical (unpaired) electrons. The normalized spacial score (nSPS) is 14.2. The van der Waals surface area contributed by atoms with Gasteiger partial charge in [-0.05, 0) is 31.0 Å². The van der Waals surface area contributed by atoms with E-state index in [0.717, 1.165) is 19.0 Å². The van der Waals surface area contributed by atoms with Gasteiger partial charge < -0.3 is 10.6 Å². The highest BCUT2D eigenvalue weighted by atomic mass is 35.5. The second-order valence-corrected chi connectivity index (χ2v) is 6.26. The summed E-state index contributed by atoms with van der Waals surface area (Å²) in [7, 11) is 0. The van der Waals surface area contributed by atoms with Crippen LogP contribution in [0, 0.1) is 0 Å². The first-order valence-corrected chi connectivity index (χ1v) is 8.12. The van der Waals surface area contributed by atoms with Crippen LogP contribution in [0.5, 0.6) is 0 Å². The molecule has 3 rings (SSSR count). The first-order valence-electron chi connectivity index (χ1n) is 7.74. The molecular weight excluding hydrogens is 373 g/mol. The van der Waals surface area contributed by atoms with Crippen LogP contribution in [0.2, 0.25) is 5.02 Å². The molecule has 0 aliphatic heterocycles. The molecular formula is C16H14ClF3N4O2. The average molecular weight is 387 g/mol. The molecule has 0 spiro atoms. The van der Waals surface area contributed by atoms with Gasteiger partial charge in [-0.15, -0.1) is 0 Å². The number of nitrogens with zero attached hydrogens (tertiary/aromatic N) is 2. The fraction of sp³-hybridized carbons (Fsp3) is 0.312. The van der Waals surface area contributed by atoms with Crippen LogP contribution in [0.25, 0.3) is 5.69 Å². The molecule has 138 valence electrons. The lowest BCUT2D eigenvalue weighted by Gasteiger charge is -2.13. The molecule has 1 aliphatic rings. The lowest BCUT2D eigenvalue weighted by Crippen LogP contribution is -2.38. The van der Waals surface area contributed by atoms with Crippen molar-refractivity contribution in [1.82, 2.24) is 20.4 Å². The summed E-state index contributed by atoms with van der Waals surface area (Å²) in [5.74, 6) is -1.48. The quantitative estimate of drug-likeness (QED) is 0.829. The summed E-state index contributed by atoms with van der Waals surface area (Å²) in [5, 5.41) is 8.73. The number of aromatic nitrogens is 2. The van der Waals surface area contributed by atoms with E-state index in [0.29, 0.717) is 4.68 Å². The number of carbonyl (C=O) groups excluding carboxylic acids is 2. The largest absolute Gasteiger partial charge is 0.434 e. The minimum Gasteiger partial charge on any atom is -0.352 e. The van der Waals surface area contributed by atoms with E-state index in [4.69, 9.17) is 11.6 Å². The van der Waals surface area contributed by atoms with Crippen molar-refractivity contribution in [2.45, 2.75) is 25.1 Å². The number of nitrogens with one attached hydrogen (secondary N) is 2. The molecule has 0 unspecified atom stereocenters. The van der Waals surface area contributed by atoms with Crippen LogP contribution in [0.1, 0.15) is 28.9 Å². The maximum absolute atomic E-state index is 13.5. The Morgan fingerprint density at radius 2 is 2.04 bits per heavy atom. The lowest BCUT2D eigenvalue weighted by molar-refractivity contribution is -0.143. The summed E-state index contributed by atoms with van der Waals surface area (Å²) in [6.45, 7) is -0.408. The average Bonchev–Trinajstić information content (AvgIpc) is 3.24. The maximum Gasteiger partial charge on any atom is 0.434 e. The SMILES string of the molecule is O=C(CNC(=O)c1cnn(-c2cccc(Cl)c2)c1C(F)(F)F)NC1CC1. The number of hydrogen-bond donors (Lipinski definition) is 2. The second-order valence-electron chi connectivity index (χ2n) is 5.82. The molecule has 1 heterocycles. The van der Waals surface area contributed by atoms with E-state index in [1.807, 2.05) is 0 Å². The van der Waals surface area contributed by atoms with E-state index in [2.05, 4.69) is 15.7 Å². The Labute approximate surface area is 151 Å². The summed E-state index contributed by atoms with van der Waals surface area (Å²) in [4.78, 5) is 23.8. The zero-order valence-corrected chi connectivity index (χ0v) is 14.1. The van der Waals surface area contributed by atoms with Crippen molar-refractivity contribution in [2.24, 2.45) is 0 Å². The summed E-state index contributed by atoms with van der Waals surface area (Å²) >= 11 is 5.82. The highest BCUT2D eigenvalue weighted by Gasteiger charge is 2.40. The smallest absolute Gasteiger partial charge is 0.352 e. The predicted molar refractivity (Wildman–Crippen MR) is 87.1 cm³/mol. The molecule has 0 atom stereocenters. The molecule has 0 bridgehead atoms. The molecule has 2 amide bonds.